The van der Waals surface area contributed by atoms with Gasteiger partial charge in [0.2, 0.25) is 0 Å². The summed E-state index contributed by atoms with van der Waals surface area (Å²) < 4.78 is 0.228. The first-order valence-corrected chi connectivity index (χ1v) is 11.4. The molecule has 0 aliphatic heterocycles. The third-order valence-electron chi connectivity index (χ3n) is 4.05. The Hall–Kier alpha value is -1.82. The van der Waals surface area contributed by atoms with Crippen LogP contribution in [-0.2, 0) is 0 Å². The Morgan fingerprint density at radius 3 is 2.17 bits per heavy atom. The molecule has 2 radical (unpaired) electrons. The van der Waals surface area contributed by atoms with Crippen LogP contribution in [0.5, 0.6) is 0 Å². The van der Waals surface area contributed by atoms with Gasteiger partial charge in [0.05, 0.1) is 0 Å². The molecule has 2 N–H and O–H groups in total. The van der Waals surface area contributed by atoms with Crippen LogP contribution >= 0.6 is 0 Å². The van der Waals surface area contributed by atoms with Gasteiger partial charge in [-0.25, -0.2) is 0 Å². The standard InChI is InChI=1S/C18H19N2.CHO2.Sn/c1-18(2,3)12-19-17-13-8-4-6-10-15(13)20-16-11-7-5-9-14(16)17;2-1-3;/h4-11H,1,12H2,2-3H3,(H,19,20);(H,2,3);. The normalized spacial score (nSPS) is 11.8. The summed E-state index contributed by atoms with van der Waals surface area (Å²) in [7, 11) is 0. The van der Waals surface area contributed by atoms with Crippen molar-refractivity contribution >= 4 is 52.6 Å². The number of para-hydroxylation sites is 2. The number of nitrogens with one attached hydrogen (secondary N) is 1. The molecule has 0 atom stereocenters. The number of benzene rings is 2. The fourth-order valence-electron chi connectivity index (χ4n) is 2.74. The number of hydrogen-bond donors (Lipinski definition) is 2. The summed E-state index contributed by atoms with van der Waals surface area (Å²) >= 11 is -1.36. The van der Waals surface area contributed by atoms with Gasteiger partial charge in [0, 0.05) is 0 Å². The molecule has 0 fully saturated rings. The van der Waals surface area contributed by atoms with Crippen LogP contribution in [-0.4, -0.2) is 41.8 Å². The zero-order valence-corrected chi connectivity index (χ0v) is 16.7. The molecule has 1 aromatic heterocycles. The first kappa shape index (κ1) is 17.0. The van der Waals surface area contributed by atoms with E-state index in [0.29, 0.717) is 0 Å². The van der Waals surface area contributed by atoms with E-state index in [9.17, 15) is 4.79 Å². The van der Waals surface area contributed by atoms with E-state index in [-0.39, 0.29) is 5.41 Å². The van der Waals surface area contributed by atoms with Crippen LogP contribution in [0.4, 0.5) is 10.5 Å². The van der Waals surface area contributed by atoms with Gasteiger partial charge in [-0.3, -0.25) is 0 Å². The number of carboxylic acid groups (broad SMARTS) is 1. The van der Waals surface area contributed by atoms with Gasteiger partial charge in [0.15, 0.2) is 0 Å². The second kappa shape index (κ2) is 6.97. The van der Waals surface area contributed by atoms with Crippen molar-refractivity contribution in [2.45, 2.75) is 18.3 Å². The van der Waals surface area contributed by atoms with Crippen molar-refractivity contribution < 1.29 is 9.90 Å². The monoisotopic (exact) mass is 428 g/mol. The van der Waals surface area contributed by atoms with Gasteiger partial charge in [-0.15, -0.1) is 0 Å². The van der Waals surface area contributed by atoms with Crippen molar-refractivity contribution in [2.24, 2.45) is 5.41 Å². The second-order valence-corrected chi connectivity index (χ2v) is 9.94. The van der Waals surface area contributed by atoms with Crippen molar-refractivity contribution in [3.8, 4) is 0 Å². The average molecular weight is 427 g/mol. The van der Waals surface area contributed by atoms with Crippen molar-refractivity contribution in [3.63, 3.8) is 0 Å². The average Bonchev–Trinajstić information content (AvgIpc) is 2.57. The summed E-state index contributed by atoms with van der Waals surface area (Å²) in [5.41, 5.74) is 3.00. The molecular formula is C19H20N2O2Sn. The van der Waals surface area contributed by atoms with Crippen LogP contribution in [0.3, 0.4) is 0 Å². The molecule has 1 heterocycles. The third-order valence-corrected chi connectivity index (χ3v) is 8.15. The van der Waals surface area contributed by atoms with Gasteiger partial charge >= 0.3 is 152 Å². The van der Waals surface area contributed by atoms with Crippen LogP contribution in [0.15, 0.2) is 48.5 Å². The first-order valence-electron chi connectivity index (χ1n) is 7.94. The van der Waals surface area contributed by atoms with Crippen LogP contribution < -0.4 is 5.32 Å². The topological polar surface area (TPSA) is 62.2 Å². The Bertz CT molecular complexity index is 839. The zero-order chi connectivity index (χ0) is 17.2. The van der Waals surface area contributed by atoms with Gasteiger partial charge in [-0.2, -0.15) is 0 Å². The van der Waals surface area contributed by atoms with E-state index in [4.69, 9.17) is 10.1 Å². The molecule has 3 rings (SSSR count). The predicted molar refractivity (Wildman–Crippen MR) is 100 cm³/mol. The molecule has 2 aromatic carbocycles. The van der Waals surface area contributed by atoms with E-state index in [2.05, 4.69) is 31.3 Å². The minimum absolute atomic E-state index is 0.0317. The number of rotatable bonds is 6. The molecule has 24 heavy (non-hydrogen) atoms. The van der Waals surface area contributed by atoms with Crippen molar-refractivity contribution in [1.29, 1.82) is 0 Å². The maximum absolute atomic E-state index is 10.9. The minimum atomic E-state index is -1.36. The number of hydrogen-bond acceptors (Lipinski definition) is 3. The summed E-state index contributed by atoms with van der Waals surface area (Å²) in [5, 5.41) is 14.8. The fraction of sp³-hybridized carbons (Fsp3) is 0.263. The van der Waals surface area contributed by atoms with E-state index in [1.807, 2.05) is 36.4 Å². The van der Waals surface area contributed by atoms with E-state index in [1.54, 1.807) is 0 Å². The predicted octanol–water partition coefficient (Wildman–Crippen LogP) is 4.63. The molecule has 0 aliphatic carbocycles. The second-order valence-electron chi connectivity index (χ2n) is 6.70. The molecule has 0 amide bonds. The van der Waals surface area contributed by atoms with Gasteiger partial charge < -0.3 is 0 Å². The number of nitrogens with zero attached hydrogens (tertiary/aromatic N) is 1. The van der Waals surface area contributed by atoms with Gasteiger partial charge in [-0.1, -0.05) is 0 Å². The number of aromatic nitrogens is 1. The fourth-order valence-corrected chi connectivity index (χ4v) is 4.89. The van der Waals surface area contributed by atoms with Crippen molar-refractivity contribution in [1.82, 2.24) is 4.98 Å². The van der Waals surface area contributed by atoms with Crippen LogP contribution in [0.1, 0.15) is 13.8 Å². The summed E-state index contributed by atoms with van der Waals surface area (Å²) in [5.74, 6) is 0. The molecule has 0 spiro atoms. The number of pyridine rings is 1. The zero-order valence-electron chi connectivity index (χ0n) is 13.8. The maximum atomic E-state index is 10.9. The van der Waals surface area contributed by atoms with E-state index >= 15 is 0 Å². The van der Waals surface area contributed by atoms with E-state index < -0.39 is 25.1 Å². The Morgan fingerprint density at radius 2 is 1.62 bits per heavy atom. The SMILES string of the molecule is CC(C)(CNc1c2ccccc2nc2ccccc12)[CH2][Sn][C](=O)O. The number of fused-ring (bicyclic) bond motifs is 2. The van der Waals surface area contributed by atoms with Crippen LogP contribution in [0.2, 0.25) is 4.44 Å². The Balaban J connectivity index is 1.96. The Labute approximate surface area is 151 Å². The molecule has 0 bridgehead atoms. The third kappa shape index (κ3) is 3.80. The van der Waals surface area contributed by atoms with Crippen LogP contribution in [0, 0.1) is 5.41 Å². The van der Waals surface area contributed by atoms with Gasteiger partial charge in [-0.05, 0) is 0 Å². The molecule has 0 unspecified atom stereocenters. The summed E-state index contributed by atoms with van der Waals surface area (Å²) in [6.07, 6.45) is 0. The number of anilines is 1. The van der Waals surface area contributed by atoms with Crippen molar-refractivity contribution in [3.05, 3.63) is 48.5 Å². The Morgan fingerprint density at radius 1 is 1.08 bits per heavy atom. The molecule has 0 saturated carbocycles. The summed E-state index contributed by atoms with van der Waals surface area (Å²) in [6, 6.07) is 16.3. The van der Waals surface area contributed by atoms with E-state index in [1.165, 1.54) is 0 Å². The molecular weight excluding hydrogens is 407 g/mol. The van der Waals surface area contributed by atoms with E-state index in [0.717, 1.165) is 38.5 Å². The van der Waals surface area contributed by atoms with Crippen molar-refractivity contribution in [2.75, 3.05) is 11.9 Å². The molecule has 4 nitrogen and oxygen atoms in total. The Kier molecular flexibility index (Phi) is 4.94. The molecule has 0 aliphatic rings. The molecule has 122 valence electrons. The quantitative estimate of drug-likeness (QED) is 0.445. The molecule has 3 aromatic rings. The number of carbonyl (C=O) groups is 1. The first-order chi connectivity index (χ1) is 11.5. The van der Waals surface area contributed by atoms with Gasteiger partial charge in [0.1, 0.15) is 0 Å². The summed E-state index contributed by atoms with van der Waals surface area (Å²) in [6.45, 7) is 5.02. The summed E-state index contributed by atoms with van der Waals surface area (Å²) in [4.78, 5) is 15.6. The molecule has 0 saturated heterocycles. The molecule has 5 heteroatoms. The van der Waals surface area contributed by atoms with Gasteiger partial charge in [0.25, 0.3) is 0 Å². The van der Waals surface area contributed by atoms with Crippen LogP contribution in [0.25, 0.3) is 21.8 Å².